The molecular formula is C29H27N. The van der Waals surface area contributed by atoms with E-state index in [1.54, 1.807) is 0 Å². The summed E-state index contributed by atoms with van der Waals surface area (Å²) in [6, 6.07) is 33.2. The molecule has 0 radical (unpaired) electrons. The second-order valence-electron chi connectivity index (χ2n) is 8.86. The van der Waals surface area contributed by atoms with Crippen LogP contribution in [0.2, 0.25) is 0 Å². The Morgan fingerprint density at radius 2 is 1.30 bits per heavy atom. The van der Waals surface area contributed by atoms with Crippen LogP contribution in [0.15, 0.2) is 91.0 Å². The van der Waals surface area contributed by atoms with Crippen LogP contribution in [-0.4, -0.2) is 0 Å². The minimum Gasteiger partial charge on any atom is -0.310 e. The van der Waals surface area contributed by atoms with Gasteiger partial charge in [0.1, 0.15) is 0 Å². The standard InChI is InChI=1S/C29H27N/c1-20-14-17-28(21(2)18-20)30(22-10-6-5-7-11-22)23-15-16-25-24-12-8-9-13-26(24)29(3,4)27(25)19-23/h5-19H,1-4H3. The van der Waals surface area contributed by atoms with Crippen molar-refractivity contribution in [3.05, 3.63) is 113 Å². The Morgan fingerprint density at radius 3 is 2.07 bits per heavy atom. The van der Waals surface area contributed by atoms with Crippen molar-refractivity contribution in [1.82, 2.24) is 0 Å². The van der Waals surface area contributed by atoms with Crippen molar-refractivity contribution in [3.63, 3.8) is 0 Å². The normalized spacial score (nSPS) is 13.6. The highest BCUT2D eigenvalue weighted by Gasteiger charge is 2.35. The van der Waals surface area contributed by atoms with E-state index >= 15 is 0 Å². The maximum absolute atomic E-state index is 2.39. The molecule has 0 fully saturated rings. The van der Waals surface area contributed by atoms with Gasteiger partial charge in [0.25, 0.3) is 0 Å². The lowest BCUT2D eigenvalue weighted by Crippen LogP contribution is -2.16. The summed E-state index contributed by atoms with van der Waals surface area (Å²) in [5.41, 5.74) is 11.7. The van der Waals surface area contributed by atoms with E-state index in [9.17, 15) is 0 Å². The van der Waals surface area contributed by atoms with Gasteiger partial charge in [-0.25, -0.2) is 0 Å². The van der Waals surface area contributed by atoms with Gasteiger partial charge >= 0.3 is 0 Å². The molecule has 0 unspecified atom stereocenters. The average Bonchev–Trinajstić information content (AvgIpc) is 2.98. The predicted octanol–water partition coefficient (Wildman–Crippen LogP) is 8.08. The summed E-state index contributed by atoms with van der Waals surface area (Å²) in [5.74, 6) is 0. The summed E-state index contributed by atoms with van der Waals surface area (Å²) in [4.78, 5) is 2.38. The molecule has 148 valence electrons. The Labute approximate surface area is 179 Å². The number of benzene rings is 4. The second-order valence-corrected chi connectivity index (χ2v) is 8.86. The van der Waals surface area contributed by atoms with Gasteiger partial charge in [0, 0.05) is 22.5 Å². The molecule has 0 heterocycles. The smallest absolute Gasteiger partial charge is 0.0490 e. The van der Waals surface area contributed by atoms with E-state index in [-0.39, 0.29) is 5.41 Å². The van der Waals surface area contributed by atoms with E-state index in [0.29, 0.717) is 0 Å². The Kier molecular flexibility index (Phi) is 4.29. The average molecular weight is 390 g/mol. The monoisotopic (exact) mass is 389 g/mol. The highest BCUT2D eigenvalue weighted by Crippen LogP contribution is 2.50. The first kappa shape index (κ1) is 18.7. The van der Waals surface area contributed by atoms with Crippen LogP contribution in [0.4, 0.5) is 17.1 Å². The summed E-state index contributed by atoms with van der Waals surface area (Å²) in [5, 5.41) is 0. The molecule has 1 heteroatoms. The molecule has 5 rings (SSSR count). The first-order valence-electron chi connectivity index (χ1n) is 10.6. The van der Waals surface area contributed by atoms with Gasteiger partial charge < -0.3 is 4.90 Å². The lowest BCUT2D eigenvalue weighted by molar-refractivity contribution is 0.660. The molecule has 0 atom stereocenters. The molecule has 1 nitrogen and oxygen atoms in total. The molecule has 4 aromatic rings. The van der Waals surface area contributed by atoms with Gasteiger partial charge in [-0.3, -0.25) is 0 Å². The molecule has 0 aliphatic heterocycles. The highest BCUT2D eigenvalue weighted by atomic mass is 15.1. The third-order valence-electron chi connectivity index (χ3n) is 6.43. The van der Waals surface area contributed by atoms with E-state index in [4.69, 9.17) is 0 Å². The quantitative estimate of drug-likeness (QED) is 0.342. The second kappa shape index (κ2) is 6.88. The van der Waals surface area contributed by atoms with Gasteiger partial charge in [0.2, 0.25) is 0 Å². The van der Waals surface area contributed by atoms with Gasteiger partial charge in [0.15, 0.2) is 0 Å². The van der Waals surface area contributed by atoms with Crippen molar-refractivity contribution in [2.45, 2.75) is 33.1 Å². The summed E-state index contributed by atoms with van der Waals surface area (Å²) in [7, 11) is 0. The zero-order valence-corrected chi connectivity index (χ0v) is 18.1. The van der Waals surface area contributed by atoms with Crippen LogP contribution in [0.25, 0.3) is 11.1 Å². The number of hydrogen-bond acceptors (Lipinski definition) is 1. The third kappa shape index (κ3) is 2.85. The topological polar surface area (TPSA) is 3.24 Å². The first-order chi connectivity index (χ1) is 14.5. The number of nitrogens with zero attached hydrogens (tertiary/aromatic N) is 1. The number of para-hydroxylation sites is 1. The number of fused-ring (bicyclic) bond motifs is 3. The van der Waals surface area contributed by atoms with Crippen molar-refractivity contribution >= 4 is 17.1 Å². The molecule has 1 aliphatic rings. The Bertz CT molecular complexity index is 1230. The molecule has 0 aromatic heterocycles. The van der Waals surface area contributed by atoms with Gasteiger partial charge in [-0.05, 0) is 72.0 Å². The molecule has 0 N–H and O–H groups in total. The molecular weight excluding hydrogens is 362 g/mol. The van der Waals surface area contributed by atoms with Crippen LogP contribution in [0, 0.1) is 13.8 Å². The number of aryl methyl sites for hydroxylation is 2. The van der Waals surface area contributed by atoms with Crippen LogP contribution in [0.1, 0.15) is 36.1 Å². The molecule has 1 aliphatic carbocycles. The van der Waals surface area contributed by atoms with E-state index in [2.05, 4.69) is 124 Å². The van der Waals surface area contributed by atoms with Crippen molar-refractivity contribution < 1.29 is 0 Å². The summed E-state index contributed by atoms with van der Waals surface area (Å²) < 4.78 is 0. The summed E-state index contributed by atoms with van der Waals surface area (Å²) >= 11 is 0. The minimum atomic E-state index is -0.00733. The third-order valence-corrected chi connectivity index (χ3v) is 6.43. The fourth-order valence-electron chi connectivity index (χ4n) is 4.89. The van der Waals surface area contributed by atoms with Crippen LogP contribution >= 0.6 is 0 Å². The highest BCUT2D eigenvalue weighted by molar-refractivity contribution is 5.86. The molecule has 4 aromatic carbocycles. The summed E-state index contributed by atoms with van der Waals surface area (Å²) in [6.07, 6.45) is 0. The van der Waals surface area contributed by atoms with E-state index in [0.717, 1.165) is 0 Å². The molecule has 0 saturated carbocycles. The lowest BCUT2D eigenvalue weighted by Gasteiger charge is -2.29. The van der Waals surface area contributed by atoms with Gasteiger partial charge in [-0.2, -0.15) is 0 Å². The van der Waals surface area contributed by atoms with Crippen molar-refractivity contribution in [2.24, 2.45) is 0 Å². The fraction of sp³-hybridized carbons (Fsp3) is 0.172. The maximum Gasteiger partial charge on any atom is 0.0490 e. The Balaban J connectivity index is 1.72. The molecule has 0 saturated heterocycles. The molecule has 0 bridgehead atoms. The van der Waals surface area contributed by atoms with Crippen LogP contribution in [-0.2, 0) is 5.41 Å². The number of rotatable bonds is 3. The van der Waals surface area contributed by atoms with Crippen LogP contribution < -0.4 is 4.90 Å². The van der Waals surface area contributed by atoms with E-state index < -0.39 is 0 Å². The van der Waals surface area contributed by atoms with Crippen molar-refractivity contribution in [2.75, 3.05) is 4.90 Å². The number of anilines is 3. The van der Waals surface area contributed by atoms with Gasteiger partial charge in [0.05, 0.1) is 0 Å². The van der Waals surface area contributed by atoms with Crippen LogP contribution in [0.3, 0.4) is 0 Å². The van der Waals surface area contributed by atoms with E-state index in [1.807, 2.05) is 0 Å². The SMILES string of the molecule is Cc1ccc(N(c2ccccc2)c2ccc3c(c2)C(C)(C)c2ccccc2-3)c(C)c1. The van der Waals surface area contributed by atoms with Gasteiger partial charge in [-0.15, -0.1) is 0 Å². The lowest BCUT2D eigenvalue weighted by atomic mass is 9.82. The maximum atomic E-state index is 2.39. The molecule has 30 heavy (non-hydrogen) atoms. The zero-order chi connectivity index (χ0) is 20.9. The Morgan fingerprint density at radius 1 is 0.600 bits per heavy atom. The van der Waals surface area contributed by atoms with E-state index in [1.165, 1.54) is 50.4 Å². The molecule has 0 amide bonds. The van der Waals surface area contributed by atoms with Gasteiger partial charge in [-0.1, -0.05) is 80.1 Å². The largest absolute Gasteiger partial charge is 0.310 e. The summed E-state index contributed by atoms with van der Waals surface area (Å²) in [6.45, 7) is 9.03. The minimum absolute atomic E-state index is 0.00733. The number of hydrogen-bond donors (Lipinski definition) is 0. The van der Waals surface area contributed by atoms with Crippen LogP contribution in [0.5, 0.6) is 0 Å². The first-order valence-corrected chi connectivity index (χ1v) is 10.6. The Hall–Kier alpha value is -3.32. The van der Waals surface area contributed by atoms with Crippen molar-refractivity contribution in [1.29, 1.82) is 0 Å². The molecule has 0 spiro atoms. The zero-order valence-electron chi connectivity index (χ0n) is 18.1. The van der Waals surface area contributed by atoms with Crippen molar-refractivity contribution in [3.8, 4) is 11.1 Å². The predicted molar refractivity (Wildman–Crippen MR) is 128 cm³/mol. The fourth-order valence-corrected chi connectivity index (χ4v) is 4.89.